The van der Waals surface area contributed by atoms with Crippen LogP contribution in [0.2, 0.25) is 0 Å². The van der Waals surface area contributed by atoms with Gasteiger partial charge in [-0.3, -0.25) is 0 Å². The van der Waals surface area contributed by atoms with Gasteiger partial charge in [0.2, 0.25) is 0 Å². The van der Waals surface area contributed by atoms with Gasteiger partial charge in [-0.1, -0.05) is 30.4 Å². The third-order valence-electron chi connectivity index (χ3n) is 4.35. The quantitative estimate of drug-likeness (QED) is 0.504. The van der Waals surface area contributed by atoms with E-state index in [9.17, 15) is 4.39 Å². The standard InChI is InChI=1S/C20H24FNO/c21-19-11-7-18(8-12-19)16-23-20-13-9-17(10-14-20)6-4-2-1-3-5-15-22/h1-3,5,7-8,11-12,17,20H,4,6,9-10,13-14,16H2/b2-1+,5-3+. The van der Waals surface area contributed by atoms with Gasteiger partial charge in [-0.15, -0.1) is 0 Å². The highest BCUT2D eigenvalue weighted by atomic mass is 19.1. The van der Waals surface area contributed by atoms with Crippen molar-refractivity contribution >= 4 is 0 Å². The number of benzene rings is 1. The lowest BCUT2D eigenvalue weighted by atomic mass is 9.84. The molecule has 1 aliphatic carbocycles. The van der Waals surface area contributed by atoms with Gasteiger partial charge in [0.25, 0.3) is 0 Å². The SMILES string of the molecule is N#C/C=C/C=C/CCC1CCC(OCc2ccc(F)cc2)CC1. The Hall–Kier alpha value is -1.92. The Morgan fingerprint density at radius 1 is 1.13 bits per heavy atom. The minimum Gasteiger partial charge on any atom is -0.374 e. The zero-order chi connectivity index (χ0) is 16.3. The van der Waals surface area contributed by atoms with Crippen LogP contribution >= 0.6 is 0 Å². The van der Waals surface area contributed by atoms with Crippen molar-refractivity contribution in [3.05, 3.63) is 60.0 Å². The Morgan fingerprint density at radius 2 is 1.87 bits per heavy atom. The first-order chi connectivity index (χ1) is 11.3. The average Bonchev–Trinajstić information content (AvgIpc) is 2.58. The molecule has 2 nitrogen and oxygen atoms in total. The maximum Gasteiger partial charge on any atom is 0.123 e. The fraction of sp³-hybridized carbons (Fsp3) is 0.450. The topological polar surface area (TPSA) is 33.0 Å². The van der Waals surface area contributed by atoms with Crippen molar-refractivity contribution in [2.24, 2.45) is 5.92 Å². The summed E-state index contributed by atoms with van der Waals surface area (Å²) in [7, 11) is 0. The zero-order valence-corrected chi connectivity index (χ0v) is 13.5. The summed E-state index contributed by atoms with van der Waals surface area (Å²) in [6.07, 6.45) is 14.6. The Morgan fingerprint density at radius 3 is 2.57 bits per heavy atom. The zero-order valence-electron chi connectivity index (χ0n) is 13.5. The first-order valence-electron chi connectivity index (χ1n) is 8.35. The van der Waals surface area contributed by atoms with Crippen molar-refractivity contribution < 1.29 is 9.13 Å². The van der Waals surface area contributed by atoms with E-state index in [1.165, 1.54) is 37.5 Å². The van der Waals surface area contributed by atoms with Gasteiger partial charge in [0, 0.05) is 6.08 Å². The summed E-state index contributed by atoms with van der Waals surface area (Å²) in [5.74, 6) is 0.580. The summed E-state index contributed by atoms with van der Waals surface area (Å²) in [5.41, 5.74) is 1.03. The molecular weight excluding hydrogens is 289 g/mol. The molecule has 1 saturated carbocycles. The van der Waals surface area contributed by atoms with Gasteiger partial charge < -0.3 is 4.74 Å². The molecule has 3 heteroatoms. The van der Waals surface area contributed by atoms with Crippen molar-refractivity contribution in [2.75, 3.05) is 0 Å². The summed E-state index contributed by atoms with van der Waals surface area (Å²) in [6.45, 7) is 0.573. The fourth-order valence-electron chi connectivity index (χ4n) is 2.99. The lowest BCUT2D eigenvalue weighted by Gasteiger charge is -2.28. The molecule has 2 rings (SSSR count). The molecule has 0 N–H and O–H groups in total. The second kappa shape index (κ2) is 9.97. The molecular formula is C20H24FNO. The van der Waals surface area contributed by atoms with Crippen molar-refractivity contribution in [3.8, 4) is 6.07 Å². The summed E-state index contributed by atoms with van der Waals surface area (Å²) in [5, 5.41) is 8.38. The molecule has 1 aliphatic rings. The highest BCUT2D eigenvalue weighted by Crippen LogP contribution is 2.30. The van der Waals surface area contributed by atoms with Crippen LogP contribution in [-0.4, -0.2) is 6.10 Å². The van der Waals surface area contributed by atoms with Crippen molar-refractivity contribution in [1.29, 1.82) is 5.26 Å². The van der Waals surface area contributed by atoms with E-state index in [1.54, 1.807) is 18.2 Å². The Balaban J connectivity index is 1.60. The predicted molar refractivity (Wildman–Crippen MR) is 90.1 cm³/mol. The molecule has 23 heavy (non-hydrogen) atoms. The molecule has 0 saturated heterocycles. The third kappa shape index (κ3) is 6.80. The maximum absolute atomic E-state index is 12.8. The van der Waals surface area contributed by atoms with Crippen LogP contribution in [0.25, 0.3) is 0 Å². The Kier molecular flexibility index (Phi) is 7.56. The molecule has 0 radical (unpaired) electrons. The maximum atomic E-state index is 12.8. The van der Waals surface area contributed by atoms with E-state index in [1.807, 2.05) is 12.1 Å². The Labute approximate surface area is 138 Å². The molecule has 0 spiro atoms. The summed E-state index contributed by atoms with van der Waals surface area (Å²) in [6, 6.07) is 8.51. The average molecular weight is 313 g/mol. The lowest BCUT2D eigenvalue weighted by molar-refractivity contribution is 0.00645. The molecule has 0 aromatic heterocycles. The second-order valence-electron chi connectivity index (χ2n) is 6.07. The fourth-order valence-corrected chi connectivity index (χ4v) is 2.99. The number of hydrogen-bond acceptors (Lipinski definition) is 2. The predicted octanol–water partition coefficient (Wildman–Crippen LogP) is 5.32. The largest absolute Gasteiger partial charge is 0.374 e. The van der Waals surface area contributed by atoms with E-state index in [0.717, 1.165) is 30.7 Å². The first kappa shape index (κ1) is 17.4. The number of allylic oxidation sites excluding steroid dienone is 4. The number of nitriles is 1. The summed E-state index contributed by atoms with van der Waals surface area (Å²) >= 11 is 0. The molecule has 0 heterocycles. The van der Waals surface area contributed by atoms with E-state index < -0.39 is 0 Å². The van der Waals surface area contributed by atoms with Crippen LogP contribution in [-0.2, 0) is 11.3 Å². The third-order valence-corrected chi connectivity index (χ3v) is 4.35. The van der Waals surface area contributed by atoms with E-state index >= 15 is 0 Å². The van der Waals surface area contributed by atoms with Crippen LogP contribution in [0.5, 0.6) is 0 Å². The summed E-state index contributed by atoms with van der Waals surface area (Å²) < 4.78 is 18.8. The van der Waals surface area contributed by atoms with E-state index in [-0.39, 0.29) is 5.82 Å². The second-order valence-corrected chi connectivity index (χ2v) is 6.07. The molecule has 0 aliphatic heterocycles. The van der Waals surface area contributed by atoms with Crippen molar-refractivity contribution in [1.82, 2.24) is 0 Å². The highest BCUT2D eigenvalue weighted by molar-refractivity contribution is 5.15. The molecule has 1 aromatic carbocycles. The van der Waals surface area contributed by atoms with E-state index in [2.05, 4.69) is 6.08 Å². The van der Waals surface area contributed by atoms with Crippen LogP contribution in [0.4, 0.5) is 4.39 Å². The van der Waals surface area contributed by atoms with Gasteiger partial charge in [0.15, 0.2) is 0 Å². The number of hydrogen-bond donors (Lipinski definition) is 0. The van der Waals surface area contributed by atoms with E-state index in [0.29, 0.717) is 12.7 Å². The van der Waals surface area contributed by atoms with Crippen LogP contribution in [0.15, 0.2) is 48.6 Å². The van der Waals surface area contributed by atoms with Gasteiger partial charge >= 0.3 is 0 Å². The van der Waals surface area contributed by atoms with Crippen LogP contribution in [0.1, 0.15) is 44.1 Å². The van der Waals surface area contributed by atoms with Crippen LogP contribution in [0, 0.1) is 23.1 Å². The molecule has 122 valence electrons. The minimum atomic E-state index is -0.202. The van der Waals surface area contributed by atoms with E-state index in [4.69, 9.17) is 10.00 Å². The number of ether oxygens (including phenoxy) is 1. The minimum absolute atomic E-state index is 0.202. The van der Waals surface area contributed by atoms with Crippen LogP contribution < -0.4 is 0 Å². The van der Waals surface area contributed by atoms with Gasteiger partial charge in [0.1, 0.15) is 5.82 Å². The molecule has 0 amide bonds. The van der Waals surface area contributed by atoms with Crippen molar-refractivity contribution in [3.63, 3.8) is 0 Å². The smallest absolute Gasteiger partial charge is 0.123 e. The van der Waals surface area contributed by atoms with Crippen molar-refractivity contribution in [2.45, 2.75) is 51.2 Å². The Bertz CT molecular complexity index is 548. The molecule has 0 unspecified atom stereocenters. The molecule has 0 bridgehead atoms. The number of nitrogens with zero attached hydrogens (tertiary/aromatic N) is 1. The first-order valence-corrected chi connectivity index (χ1v) is 8.35. The number of rotatable bonds is 7. The number of halogens is 1. The molecule has 1 fully saturated rings. The highest BCUT2D eigenvalue weighted by Gasteiger charge is 2.21. The van der Waals surface area contributed by atoms with Gasteiger partial charge in [-0.2, -0.15) is 5.26 Å². The lowest BCUT2D eigenvalue weighted by Crippen LogP contribution is -2.21. The monoisotopic (exact) mass is 313 g/mol. The van der Waals surface area contributed by atoms with Crippen LogP contribution in [0.3, 0.4) is 0 Å². The summed E-state index contributed by atoms with van der Waals surface area (Å²) in [4.78, 5) is 0. The normalized spacial score (nSPS) is 21.7. The van der Waals surface area contributed by atoms with Gasteiger partial charge in [-0.05, 0) is 62.1 Å². The molecule has 1 aromatic rings. The van der Waals surface area contributed by atoms with Gasteiger partial charge in [-0.25, -0.2) is 4.39 Å². The molecule has 0 atom stereocenters. The van der Waals surface area contributed by atoms with Gasteiger partial charge in [0.05, 0.1) is 18.8 Å².